The molecule has 3 aromatic rings. The maximum Gasteiger partial charge on any atom is 0.270 e. The lowest BCUT2D eigenvalue weighted by molar-refractivity contribution is -0.384. The highest BCUT2D eigenvalue weighted by atomic mass is 16.6. The molecule has 0 unspecified atom stereocenters. The molecule has 2 aromatic carbocycles. The van der Waals surface area contributed by atoms with Crippen molar-refractivity contribution in [3.05, 3.63) is 64.8 Å². The van der Waals surface area contributed by atoms with Crippen LogP contribution in [0.15, 0.2) is 54.7 Å². The Bertz CT molecular complexity index is 1000. The Hall–Kier alpha value is -3.26. The summed E-state index contributed by atoms with van der Waals surface area (Å²) in [5, 5.41) is 19.0. The van der Waals surface area contributed by atoms with Crippen LogP contribution in [-0.4, -0.2) is 38.6 Å². The zero-order valence-corrected chi connectivity index (χ0v) is 15.3. The molecule has 1 aliphatic rings. The number of rotatable bonds is 5. The van der Waals surface area contributed by atoms with Crippen LogP contribution in [-0.2, 0) is 11.5 Å². The number of hydrogen-bond donors (Lipinski definition) is 1. The first-order chi connectivity index (χ1) is 13.6. The topological polar surface area (TPSA) is 93.3 Å². The van der Waals surface area contributed by atoms with E-state index in [9.17, 15) is 14.9 Å². The molecule has 2 heterocycles. The zero-order chi connectivity index (χ0) is 19.5. The molecule has 1 atom stereocenters. The van der Waals surface area contributed by atoms with Crippen molar-refractivity contribution in [1.82, 2.24) is 14.7 Å². The number of aromatic nitrogens is 2. The summed E-state index contributed by atoms with van der Waals surface area (Å²) in [6.45, 7) is 2.10. The van der Waals surface area contributed by atoms with Crippen LogP contribution in [0.4, 0.5) is 11.4 Å². The molecule has 1 amide bonds. The number of likely N-dealkylation sites (tertiary alicyclic amines) is 1. The molecule has 1 N–H and O–H groups in total. The number of carbonyl (C=O) groups is 1. The lowest BCUT2D eigenvalue weighted by Crippen LogP contribution is -2.41. The van der Waals surface area contributed by atoms with Crippen molar-refractivity contribution in [1.29, 1.82) is 0 Å². The van der Waals surface area contributed by atoms with E-state index >= 15 is 0 Å². The SMILES string of the molecule is O=C(Nc1ccccc1)[C@@H]1CCCN(Cn2ncc3cc([N+](=O)[O-])ccc32)C1. The van der Waals surface area contributed by atoms with Gasteiger partial charge in [0, 0.05) is 29.8 Å². The number of nitro benzene ring substituents is 1. The van der Waals surface area contributed by atoms with Gasteiger partial charge in [0.2, 0.25) is 5.91 Å². The molecule has 0 radical (unpaired) electrons. The molecular formula is C20H21N5O3. The first-order valence-electron chi connectivity index (χ1n) is 9.28. The van der Waals surface area contributed by atoms with Gasteiger partial charge in [-0.2, -0.15) is 5.10 Å². The summed E-state index contributed by atoms with van der Waals surface area (Å²) in [6, 6.07) is 14.2. The molecule has 1 aliphatic heterocycles. The number of anilines is 1. The number of hydrogen-bond acceptors (Lipinski definition) is 5. The third-order valence-electron chi connectivity index (χ3n) is 5.09. The Morgan fingerprint density at radius 1 is 1.25 bits per heavy atom. The number of carbonyl (C=O) groups excluding carboxylic acids is 1. The summed E-state index contributed by atoms with van der Waals surface area (Å²) < 4.78 is 1.83. The molecule has 0 aliphatic carbocycles. The van der Waals surface area contributed by atoms with Gasteiger partial charge in [0.05, 0.1) is 29.2 Å². The third kappa shape index (κ3) is 3.86. The van der Waals surface area contributed by atoms with Crippen LogP contribution in [0.3, 0.4) is 0 Å². The molecule has 8 heteroatoms. The van der Waals surface area contributed by atoms with Gasteiger partial charge in [-0.25, -0.2) is 0 Å². The Morgan fingerprint density at radius 3 is 2.86 bits per heavy atom. The molecular weight excluding hydrogens is 358 g/mol. The average molecular weight is 379 g/mol. The molecule has 4 rings (SSSR count). The van der Waals surface area contributed by atoms with Crippen LogP contribution < -0.4 is 5.32 Å². The number of nitrogens with zero attached hydrogens (tertiary/aromatic N) is 4. The second kappa shape index (κ2) is 7.77. The van der Waals surface area contributed by atoms with Crippen molar-refractivity contribution >= 4 is 28.2 Å². The van der Waals surface area contributed by atoms with Crippen LogP contribution in [0.5, 0.6) is 0 Å². The monoisotopic (exact) mass is 379 g/mol. The number of non-ortho nitro benzene ring substituents is 1. The molecule has 8 nitrogen and oxygen atoms in total. The van der Waals surface area contributed by atoms with Gasteiger partial charge in [-0.05, 0) is 37.6 Å². The number of nitrogens with one attached hydrogen (secondary N) is 1. The molecule has 0 bridgehead atoms. The second-order valence-corrected chi connectivity index (χ2v) is 7.06. The van der Waals surface area contributed by atoms with Gasteiger partial charge < -0.3 is 5.32 Å². The first-order valence-corrected chi connectivity index (χ1v) is 9.28. The van der Waals surface area contributed by atoms with Gasteiger partial charge in [-0.15, -0.1) is 0 Å². The predicted molar refractivity (Wildman–Crippen MR) is 106 cm³/mol. The summed E-state index contributed by atoms with van der Waals surface area (Å²) >= 11 is 0. The van der Waals surface area contributed by atoms with E-state index in [0.29, 0.717) is 13.2 Å². The Balaban J connectivity index is 1.43. The van der Waals surface area contributed by atoms with Crippen LogP contribution in [0.1, 0.15) is 12.8 Å². The van der Waals surface area contributed by atoms with Crippen molar-refractivity contribution in [2.45, 2.75) is 19.5 Å². The smallest absolute Gasteiger partial charge is 0.270 e. The Labute approximate surface area is 161 Å². The van der Waals surface area contributed by atoms with E-state index in [2.05, 4.69) is 15.3 Å². The van der Waals surface area contributed by atoms with Gasteiger partial charge in [0.1, 0.15) is 0 Å². The zero-order valence-electron chi connectivity index (χ0n) is 15.3. The van der Waals surface area contributed by atoms with Crippen molar-refractivity contribution < 1.29 is 9.72 Å². The molecule has 0 saturated carbocycles. The van der Waals surface area contributed by atoms with E-state index in [1.807, 2.05) is 35.0 Å². The maximum absolute atomic E-state index is 12.6. The summed E-state index contributed by atoms with van der Waals surface area (Å²) in [5.41, 5.74) is 1.72. The number of fused-ring (bicyclic) bond motifs is 1. The fraction of sp³-hybridized carbons (Fsp3) is 0.300. The van der Waals surface area contributed by atoms with E-state index in [4.69, 9.17) is 0 Å². The lowest BCUT2D eigenvalue weighted by Gasteiger charge is -2.31. The first kappa shape index (κ1) is 18.1. The highest BCUT2D eigenvalue weighted by molar-refractivity contribution is 5.92. The standard InChI is InChI=1S/C20H21N5O3/c26-20(22-17-6-2-1-3-7-17)15-5-4-10-23(13-15)14-24-19-9-8-18(25(27)28)11-16(19)12-21-24/h1-3,6-9,11-12,15H,4-5,10,13-14H2,(H,22,26)/t15-/m1/s1. The van der Waals surface area contributed by atoms with Crippen molar-refractivity contribution in [3.63, 3.8) is 0 Å². The van der Waals surface area contributed by atoms with Gasteiger partial charge in [-0.3, -0.25) is 24.5 Å². The van der Waals surface area contributed by atoms with Crippen molar-refractivity contribution in [3.8, 4) is 0 Å². The predicted octanol–water partition coefficient (Wildman–Crippen LogP) is 3.25. The van der Waals surface area contributed by atoms with Gasteiger partial charge in [0.25, 0.3) is 5.69 Å². The van der Waals surface area contributed by atoms with E-state index in [1.165, 1.54) is 12.1 Å². The van der Waals surface area contributed by atoms with Crippen LogP contribution in [0.25, 0.3) is 10.9 Å². The van der Waals surface area contributed by atoms with Crippen LogP contribution in [0, 0.1) is 16.0 Å². The maximum atomic E-state index is 12.6. The number of piperidine rings is 1. The van der Waals surface area contributed by atoms with Crippen LogP contribution in [0.2, 0.25) is 0 Å². The van der Waals surface area contributed by atoms with Gasteiger partial charge >= 0.3 is 0 Å². The fourth-order valence-electron chi connectivity index (χ4n) is 3.65. The number of para-hydroxylation sites is 1. The van der Waals surface area contributed by atoms with E-state index in [-0.39, 0.29) is 17.5 Å². The minimum Gasteiger partial charge on any atom is -0.326 e. The molecule has 1 saturated heterocycles. The Kier molecular flexibility index (Phi) is 5.03. The fourth-order valence-corrected chi connectivity index (χ4v) is 3.65. The average Bonchev–Trinajstić information content (AvgIpc) is 3.11. The third-order valence-corrected chi connectivity index (χ3v) is 5.09. The van der Waals surface area contributed by atoms with Gasteiger partial charge in [-0.1, -0.05) is 18.2 Å². The number of amides is 1. The van der Waals surface area contributed by atoms with E-state index < -0.39 is 4.92 Å². The molecule has 1 aromatic heterocycles. The molecule has 0 spiro atoms. The molecule has 1 fully saturated rings. The highest BCUT2D eigenvalue weighted by Gasteiger charge is 2.26. The van der Waals surface area contributed by atoms with Gasteiger partial charge in [0.15, 0.2) is 0 Å². The highest BCUT2D eigenvalue weighted by Crippen LogP contribution is 2.23. The minimum atomic E-state index is -0.405. The minimum absolute atomic E-state index is 0.0387. The Morgan fingerprint density at radius 2 is 2.07 bits per heavy atom. The van der Waals surface area contributed by atoms with E-state index in [1.54, 1.807) is 12.3 Å². The number of nitro groups is 1. The van der Waals surface area contributed by atoms with E-state index in [0.717, 1.165) is 36.0 Å². The second-order valence-electron chi connectivity index (χ2n) is 7.06. The molecule has 28 heavy (non-hydrogen) atoms. The summed E-state index contributed by atoms with van der Waals surface area (Å²) in [4.78, 5) is 25.3. The van der Waals surface area contributed by atoms with Crippen LogP contribution >= 0.6 is 0 Å². The van der Waals surface area contributed by atoms with Crippen molar-refractivity contribution in [2.75, 3.05) is 18.4 Å². The summed E-state index contributed by atoms with van der Waals surface area (Å²) in [5.74, 6) is -0.0336. The number of benzene rings is 2. The summed E-state index contributed by atoms with van der Waals surface area (Å²) in [6.07, 6.45) is 3.45. The molecule has 144 valence electrons. The summed E-state index contributed by atoms with van der Waals surface area (Å²) in [7, 11) is 0. The normalized spacial score (nSPS) is 17.5. The van der Waals surface area contributed by atoms with Crippen molar-refractivity contribution in [2.24, 2.45) is 5.92 Å². The lowest BCUT2D eigenvalue weighted by atomic mass is 9.97. The largest absolute Gasteiger partial charge is 0.326 e. The quantitative estimate of drug-likeness (QED) is 0.542.